The van der Waals surface area contributed by atoms with Crippen LogP contribution in [0.3, 0.4) is 0 Å². The number of halogens is 3. The molecule has 78 valence electrons. The fourth-order valence-corrected chi connectivity index (χ4v) is 2.54. The van der Waals surface area contributed by atoms with Gasteiger partial charge >= 0.3 is 12.1 Å². The number of fused-ring (bicyclic) bond motifs is 2. The number of carboxylic acid groups (broad SMARTS) is 1. The van der Waals surface area contributed by atoms with Gasteiger partial charge in [-0.15, -0.1) is 0 Å². The molecule has 2 rings (SSSR count). The summed E-state index contributed by atoms with van der Waals surface area (Å²) >= 11 is 0. The molecule has 2 aliphatic carbocycles. The minimum absolute atomic E-state index is 0.0898. The normalized spacial score (nSPS) is 40.5. The largest absolute Gasteiger partial charge is 0.481 e. The van der Waals surface area contributed by atoms with Gasteiger partial charge in [0, 0.05) is 0 Å². The van der Waals surface area contributed by atoms with E-state index < -0.39 is 23.5 Å². The molecule has 0 aromatic rings. The highest BCUT2D eigenvalue weighted by atomic mass is 19.4. The smallest absolute Gasteiger partial charge is 0.398 e. The third kappa shape index (κ3) is 1.01. The van der Waals surface area contributed by atoms with Crippen LogP contribution >= 0.6 is 0 Å². The quantitative estimate of drug-likeness (QED) is 0.668. The van der Waals surface area contributed by atoms with Crippen molar-refractivity contribution in [3.8, 4) is 0 Å². The second-order valence-electron chi connectivity index (χ2n) is 3.99. The Kier molecular flexibility index (Phi) is 1.72. The Morgan fingerprint density at radius 2 is 2.14 bits per heavy atom. The Balaban J connectivity index is 2.41. The monoisotopic (exact) mass is 206 g/mol. The summed E-state index contributed by atoms with van der Waals surface area (Å²) in [4.78, 5) is 10.7. The Hall–Kier alpha value is -1.00. The van der Waals surface area contributed by atoms with Crippen LogP contribution in [0.4, 0.5) is 13.2 Å². The highest BCUT2D eigenvalue weighted by Crippen LogP contribution is 2.61. The summed E-state index contributed by atoms with van der Waals surface area (Å²) in [6.07, 6.45) is -1.89. The van der Waals surface area contributed by atoms with E-state index in [2.05, 4.69) is 0 Å². The summed E-state index contributed by atoms with van der Waals surface area (Å²) in [6, 6.07) is 0. The third-order valence-corrected chi connectivity index (χ3v) is 3.25. The first kappa shape index (κ1) is 9.55. The molecule has 0 saturated heterocycles. The zero-order chi connectivity index (χ0) is 10.6. The lowest BCUT2D eigenvalue weighted by Gasteiger charge is -2.31. The second kappa shape index (κ2) is 2.52. The molecule has 0 heterocycles. The number of rotatable bonds is 1. The van der Waals surface area contributed by atoms with E-state index in [0.29, 0.717) is 0 Å². The molecule has 1 N–H and O–H groups in total. The fraction of sp³-hybridized carbons (Fsp3) is 0.667. The predicted octanol–water partition coefficient (Wildman–Crippen LogP) is 2.22. The van der Waals surface area contributed by atoms with E-state index in [1.54, 1.807) is 0 Å². The van der Waals surface area contributed by atoms with Gasteiger partial charge < -0.3 is 5.11 Å². The topological polar surface area (TPSA) is 37.3 Å². The van der Waals surface area contributed by atoms with E-state index in [1.807, 2.05) is 0 Å². The number of hydrogen-bond acceptors (Lipinski definition) is 1. The standard InChI is InChI=1S/C9H9F3O2/c10-9(11,12)8-2-1-5(4-8)3-6(8)7(13)14/h1-2,5-6H,3-4H2,(H,13,14). The van der Waals surface area contributed by atoms with Gasteiger partial charge in [-0.05, 0) is 18.8 Å². The summed E-state index contributed by atoms with van der Waals surface area (Å²) in [5.74, 6) is -2.84. The molecule has 14 heavy (non-hydrogen) atoms. The van der Waals surface area contributed by atoms with Crippen LogP contribution in [0.15, 0.2) is 12.2 Å². The Bertz CT molecular complexity index is 308. The van der Waals surface area contributed by atoms with Crippen LogP contribution in [0.2, 0.25) is 0 Å². The zero-order valence-electron chi connectivity index (χ0n) is 7.21. The van der Waals surface area contributed by atoms with Crippen molar-refractivity contribution in [3.63, 3.8) is 0 Å². The van der Waals surface area contributed by atoms with E-state index >= 15 is 0 Å². The lowest BCUT2D eigenvalue weighted by molar-refractivity contribution is -0.220. The maximum Gasteiger partial charge on any atom is 0.398 e. The van der Waals surface area contributed by atoms with Crippen LogP contribution in [-0.2, 0) is 4.79 Å². The van der Waals surface area contributed by atoms with Gasteiger partial charge in [0.1, 0.15) is 0 Å². The Morgan fingerprint density at radius 1 is 1.50 bits per heavy atom. The minimum Gasteiger partial charge on any atom is -0.481 e. The number of allylic oxidation sites excluding steroid dienone is 2. The van der Waals surface area contributed by atoms with Crippen molar-refractivity contribution in [1.82, 2.24) is 0 Å². The van der Waals surface area contributed by atoms with Crippen molar-refractivity contribution in [2.24, 2.45) is 17.3 Å². The molecule has 0 aliphatic heterocycles. The fourth-order valence-electron chi connectivity index (χ4n) is 2.54. The summed E-state index contributed by atoms with van der Waals surface area (Å²) in [5, 5.41) is 8.73. The number of aliphatic carboxylic acids is 1. The minimum atomic E-state index is -4.45. The molecule has 0 aromatic heterocycles. The predicted molar refractivity (Wildman–Crippen MR) is 41.5 cm³/mol. The molecule has 0 amide bonds. The number of carbonyl (C=O) groups is 1. The number of alkyl halides is 3. The molecular formula is C9H9F3O2. The van der Waals surface area contributed by atoms with E-state index in [1.165, 1.54) is 6.08 Å². The van der Waals surface area contributed by atoms with Gasteiger partial charge in [-0.2, -0.15) is 13.2 Å². The van der Waals surface area contributed by atoms with Crippen molar-refractivity contribution >= 4 is 5.97 Å². The van der Waals surface area contributed by atoms with Crippen molar-refractivity contribution in [2.75, 3.05) is 0 Å². The van der Waals surface area contributed by atoms with Crippen LogP contribution in [0.25, 0.3) is 0 Å². The molecule has 0 spiro atoms. The van der Waals surface area contributed by atoms with Crippen LogP contribution in [-0.4, -0.2) is 17.3 Å². The van der Waals surface area contributed by atoms with Crippen LogP contribution in [0, 0.1) is 17.3 Å². The lowest BCUT2D eigenvalue weighted by Crippen LogP contribution is -2.42. The van der Waals surface area contributed by atoms with Gasteiger partial charge in [-0.3, -0.25) is 4.79 Å². The zero-order valence-corrected chi connectivity index (χ0v) is 7.21. The molecule has 3 atom stereocenters. The average molecular weight is 206 g/mol. The van der Waals surface area contributed by atoms with Gasteiger partial charge in [0.2, 0.25) is 0 Å². The van der Waals surface area contributed by atoms with Crippen LogP contribution in [0.1, 0.15) is 12.8 Å². The van der Waals surface area contributed by atoms with E-state index in [0.717, 1.165) is 6.08 Å². The Labute approximate surface area is 78.4 Å². The average Bonchev–Trinajstić information content (AvgIpc) is 2.58. The Morgan fingerprint density at radius 3 is 2.50 bits per heavy atom. The third-order valence-electron chi connectivity index (χ3n) is 3.25. The SMILES string of the molecule is O=C(O)C1CC2C=CC1(C(F)(F)F)C2. The summed E-state index contributed by atoms with van der Waals surface area (Å²) in [7, 11) is 0. The molecule has 1 fully saturated rings. The number of carboxylic acids is 1. The van der Waals surface area contributed by atoms with Gasteiger partial charge in [0.05, 0.1) is 11.3 Å². The molecule has 0 radical (unpaired) electrons. The molecule has 0 aromatic carbocycles. The highest BCUT2D eigenvalue weighted by Gasteiger charge is 2.66. The van der Waals surface area contributed by atoms with Crippen molar-refractivity contribution in [1.29, 1.82) is 0 Å². The van der Waals surface area contributed by atoms with E-state index in [9.17, 15) is 18.0 Å². The second-order valence-corrected chi connectivity index (χ2v) is 3.99. The van der Waals surface area contributed by atoms with Crippen LogP contribution < -0.4 is 0 Å². The van der Waals surface area contributed by atoms with Gasteiger partial charge in [-0.1, -0.05) is 12.2 Å². The van der Waals surface area contributed by atoms with Gasteiger partial charge in [-0.25, -0.2) is 0 Å². The van der Waals surface area contributed by atoms with Crippen molar-refractivity contribution in [3.05, 3.63) is 12.2 Å². The summed E-state index contributed by atoms with van der Waals surface area (Å²) in [5.41, 5.74) is -2.09. The molecule has 2 bridgehead atoms. The van der Waals surface area contributed by atoms with Crippen molar-refractivity contribution < 1.29 is 23.1 Å². The van der Waals surface area contributed by atoms with Crippen molar-refractivity contribution in [2.45, 2.75) is 19.0 Å². The highest BCUT2D eigenvalue weighted by molar-refractivity contribution is 5.73. The summed E-state index contributed by atoms with van der Waals surface area (Å²) in [6.45, 7) is 0. The maximum atomic E-state index is 12.7. The first-order valence-corrected chi connectivity index (χ1v) is 4.36. The van der Waals surface area contributed by atoms with Gasteiger partial charge in [0.15, 0.2) is 0 Å². The lowest BCUT2D eigenvalue weighted by atomic mass is 9.77. The number of hydrogen-bond donors (Lipinski definition) is 1. The van der Waals surface area contributed by atoms with Gasteiger partial charge in [0.25, 0.3) is 0 Å². The summed E-state index contributed by atoms with van der Waals surface area (Å²) < 4.78 is 38.2. The first-order chi connectivity index (χ1) is 6.37. The molecule has 2 aliphatic rings. The van der Waals surface area contributed by atoms with E-state index in [-0.39, 0.29) is 18.8 Å². The van der Waals surface area contributed by atoms with E-state index in [4.69, 9.17) is 5.11 Å². The first-order valence-electron chi connectivity index (χ1n) is 4.36. The molecule has 2 nitrogen and oxygen atoms in total. The molecular weight excluding hydrogens is 197 g/mol. The molecule has 1 saturated carbocycles. The molecule has 3 unspecified atom stereocenters. The van der Waals surface area contributed by atoms with Crippen LogP contribution in [0.5, 0.6) is 0 Å². The maximum absolute atomic E-state index is 12.7. The molecule has 5 heteroatoms.